The predicted octanol–water partition coefficient (Wildman–Crippen LogP) is 1.98. The van der Waals surface area contributed by atoms with Gasteiger partial charge in [-0.15, -0.1) is 0 Å². The Bertz CT molecular complexity index is 362. The van der Waals surface area contributed by atoms with Gasteiger partial charge in [0.25, 0.3) is 0 Å². The third-order valence-electron chi connectivity index (χ3n) is 3.43. The van der Waals surface area contributed by atoms with Gasteiger partial charge >= 0.3 is 0 Å². The minimum Gasteiger partial charge on any atom is -0.372 e. The quantitative estimate of drug-likeness (QED) is 0.840. The Hall–Kier alpha value is -0.870. The number of hydrogen-bond donors (Lipinski definition) is 1. The summed E-state index contributed by atoms with van der Waals surface area (Å²) in [6.07, 6.45) is 4.87. The van der Waals surface area contributed by atoms with Crippen molar-refractivity contribution in [3.05, 3.63) is 18.0 Å². The Labute approximate surface area is 110 Å². The minimum atomic E-state index is 0.328. The molecular weight excluding hydrogens is 226 g/mol. The molecule has 2 atom stereocenters. The normalized spacial score (nSPS) is 24.0. The zero-order chi connectivity index (χ0) is 13.0. The predicted molar refractivity (Wildman–Crippen MR) is 72.6 cm³/mol. The van der Waals surface area contributed by atoms with E-state index in [1.165, 1.54) is 5.69 Å². The lowest BCUT2D eigenvalue weighted by molar-refractivity contribution is 0.0336. The highest BCUT2D eigenvalue weighted by Gasteiger charge is 2.25. The summed E-state index contributed by atoms with van der Waals surface area (Å²) in [4.78, 5) is 0. The average molecular weight is 251 g/mol. The van der Waals surface area contributed by atoms with E-state index in [9.17, 15) is 0 Å². The topological polar surface area (TPSA) is 39.1 Å². The van der Waals surface area contributed by atoms with Crippen LogP contribution in [0.2, 0.25) is 0 Å². The maximum Gasteiger partial charge on any atom is 0.0776 e. The van der Waals surface area contributed by atoms with E-state index in [1.807, 2.05) is 16.9 Å². The van der Waals surface area contributed by atoms with Crippen molar-refractivity contribution < 1.29 is 4.74 Å². The van der Waals surface area contributed by atoms with E-state index in [0.29, 0.717) is 18.1 Å². The summed E-state index contributed by atoms with van der Waals surface area (Å²) in [5.74, 6) is 0.703. The summed E-state index contributed by atoms with van der Waals surface area (Å²) >= 11 is 0. The number of nitrogens with zero attached hydrogens (tertiary/aromatic N) is 2. The van der Waals surface area contributed by atoms with Crippen LogP contribution in [0.25, 0.3) is 0 Å². The summed E-state index contributed by atoms with van der Waals surface area (Å²) in [7, 11) is 0. The lowest BCUT2D eigenvalue weighted by Gasteiger charge is -2.16. The first kappa shape index (κ1) is 13.6. The van der Waals surface area contributed by atoms with Crippen LogP contribution in [0.3, 0.4) is 0 Å². The van der Waals surface area contributed by atoms with E-state index in [0.717, 1.165) is 32.5 Å². The van der Waals surface area contributed by atoms with E-state index in [-0.39, 0.29) is 0 Å². The molecule has 0 aromatic carbocycles. The fourth-order valence-corrected chi connectivity index (χ4v) is 2.38. The number of nitrogens with one attached hydrogen (secondary N) is 1. The van der Waals surface area contributed by atoms with Gasteiger partial charge in [0.1, 0.15) is 0 Å². The summed E-state index contributed by atoms with van der Waals surface area (Å²) in [5.41, 5.74) is 1.21. The molecule has 1 fully saturated rings. The highest BCUT2D eigenvalue weighted by molar-refractivity contribution is 4.97. The molecule has 2 rings (SSSR count). The van der Waals surface area contributed by atoms with Gasteiger partial charge in [0.15, 0.2) is 0 Å². The van der Waals surface area contributed by atoms with Crippen LogP contribution in [0.1, 0.15) is 32.4 Å². The second-order valence-corrected chi connectivity index (χ2v) is 5.66. The molecule has 1 aliphatic heterocycles. The number of aromatic nitrogens is 2. The fourth-order valence-electron chi connectivity index (χ4n) is 2.38. The molecule has 102 valence electrons. The third-order valence-corrected chi connectivity index (χ3v) is 3.43. The zero-order valence-electron chi connectivity index (χ0n) is 11.7. The monoisotopic (exact) mass is 251 g/mol. The Balaban J connectivity index is 1.70. The van der Waals surface area contributed by atoms with Gasteiger partial charge in [-0.2, -0.15) is 5.10 Å². The van der Waals surface area contributed by atoms with Crippen LogP contribution in [-0.2, 0) is 11.3 Å². The molecule has 0 amide bonds. The minimum absolute atomic E-state index is 0.328. The van der Waals surface area contributed by atoms with Crippen molar-refractivity contribution in [3.63, 3.8) is 0 Å². The molecule has 1 aliphatic rings. The van der Waals surface area contributed by atoms with Crippen molar-refractivity contribution in [3.8, 4) is 0 Å². The SMILES string of the molecule is Cc1ccnn1CC1CCC(CNCC(C)C)O1. The van der Waals surface area contributed by atoms with Gasteiger partial charge in [-0.3, -0.25) is 4.68 Å². The summed E-state index contributed by atoms with van der Waals surface area (Å²) in [6.45, 7) is 9.48. The van der Waals surface area contributed by atoms with Crippen molar-refractivity contribution in [1.29, 1.82) is 0 Å². The van der Waals surface area contributed by atoms with E-state index in [4.69, 9.17) is 4.74 Å². The van der Waals surface area contributed by atoms with Crippen molar-refractivity contribution in [1.82, 2.24) is 15.1 Å². The summed E-state index contributed by atoms with van der Waals surface area (Å²) in [5, 5.41) is 7.78. The van der Waals surface area contributed by atoms with Crippen LogP contribution in [0, 0.1) is 12.8 Å². The third kappa shape index (κ3) is 3.82. The van der Waals surface area contributed by atoms with Gasteiger partial charge in [-0.05, 0) is 38.3 Å². The molecule has 0 bridgehead atoms. The molecule has 1 aromatic heterocycles. The van der Waals surface area contributed by atoms with Gasteiger partial charge in [-0.1, -0.05) is 13.8 Å². The van der Waals surface area contributed by atoms with Crippen molar-refractivity contribution in [2.75, 3.05) is 13.1 Å². The van der Waals surface area contributed by atoms with E-state index >= 15 is 0 Å². The lowest BCUT2D eigenvalue weighted by atomic mass is 10.2. The van der Waals surface area contributed by atoms with Crippen LogP contribution in [-0.4, -0.2) is 35.1 Å². The molecule has 0 saturated carbocycles. The van der Waals surface area contributed by atoms with Crippen LogP contribution in [0.5, 0.6) is 0 Å². The van der Waals surface area contributed by atoms with Crippen LogP contribution < -0.4 is 5.32 Å². The maximum atomic E-state index is 6.05. The standard InChI is InChI=1S/C14H25N3O/c1-11(2)8-15-9-13-4-5-14(18-13)10-17-12(3)6-7-16-17/h6-7,11,13-15H,4-5,8-10H2,1-3H3. The highest BCUT2D eigenvalue weighted by Crippen LogP contribution is 2.20. The Kier molecular flexibility index (Phi) is 4.78. The summed E-state index contributed by atoms with van der Waals surface area (Å²) in [6, 6.07) is 2.04. The van der Waals surface area contributed by atoms with Crippen LogP contribution in [0.15, 0.2) is 12.3 Å². The van der Waals surface area contributed by atoms with E-state index in [2.05, 4.69) is 31.2 Å². The molecular formula is C14H25N3O. The number of aryl methyl sites for hydroxylation is 1. The van der Waals surface area contributed by atoms with Gasteiger partial charge in [-0.25, -0.2) is 0 Å². The molecule has 0 radical (unpaired) electrons. The molecule has 2 unspecified atom stereocenters. The second kappa shape index (κ2) is 6.34. The van der Waals surface area contributed by atoms with Gasteiger partial charge in [0, 0.05) is 18.4 Å². The molecule has 1 aromatic rings. The first-order valence-electron chi connectivity index (χ1n) is 6.99. The largest absolute Gasteiger partial charge is 0.372 e. The zero-order valence-corrected chi connectivity index (χ0v) is 11.7. The van der Waals surface area contributed by atoms with Crippen molar-refractivity contribution in [2.45, 2.75) is 52.4 Å². The summed E-state index contributed by atoms with van der Waals surface area (Å²) < 4.78 is 8.08. The Morgan fingerprint density at radius 2 is 2.22 bits per heavy atom. The Morgan fingerprint density at radius 1 is 1.44 bits per heavy atom. The van der Waals surface area contributed by atoms with Crippen LogP contribution in [0.4, 0.5) is 0 Å². The van der Waals surface area contributed by atoms with Gasteiger partial charge < -0.3 is 10.1 Å². The van der Waals surface area contributed by atoms with E-state index in [1.54, 1.807) is 0 Å². The Morgan fingerprint density at radius 3 is 2.89 bits per heavy atom. The van der Waals surface area contributed by atoms with Gasteiger partial charge in [0.05, 0.1) is 18.8 Å². The first-order valence-corrected chi connectivity index (χ1v) is 6.99. The fraction of sp³-hybridized carbons (Fsp3) is 0.786. The van der Waals surface area contributed by atoms with E-state index < -0.39 is 0 Å². The average Bonchev–Trinajstić information content (AvgIpc) is 2.90. The number of hydrogen-bond acceptors (Lipinski definition) is 3. The first-order chi connectivity index (χ1) is 8.65. The van der Waals surface area contributed by atoms with Crippen molar-refractivity contribution in [2.24, 2.45) is 5.92 Å². The molecule has 0 spiro atoms. The molecule has 0 aliphatic carbocycles. The van der Waals surface area contributed by atoms with Crippen molar-refractivity contribution >= 4 is 0 Å². The number of rotatable bonds is 6. The molecule has 4 heteroatoms. The van der Waals surface area contributed by atoms with Gasteiger partial charge in [0.2, 0.25) is 0 Å². The van der Waals surface area contributed by atoms with Crippen LogP contribution >= 0.6 is 0 Å². The second-order valence-electron chi connectivity index (χ2n) is 5.66. The highest BCUT2D eigenvalue weighted by atomic mass is 16.5. The maximum absolute atomic E-state index is 6.05. The molecule has 4 nitrogen and oxygen atoms in total. The lowest BCUT2D eigenvalue weighted by Crippen LogP contribution is -2.30. The molecule has 18 heavy (non-hydrogen) atoms. The number of ether oxygens (including phenoxy) is 1. The molecule has 1 saturated heterocycles. The molecule has 2 heterocycles. The molecule has 1 N–H and O–H groups in total. The smallest absolute Gasteiger partial charge is 0.0776 e.